The lowest BCUT2D eigenvalue weighted by molar-refractivity contribution is 0.282. The molecule has 3 aromatic carbocycles. The van der Waals surface area contributed by atoms with E-state index in [0.29, 0.717) is 63.4 Å². The fourth-order valence-electron chi connectivity index (χ4n) is 3.55. The SMILES string of the molecule is COc1cc(C)ccc1OCCCn1c(-c2ccc(Cl)cc2Cl)nc2ccccc2c1=O. The van der Waals surface area contributed by atoms with Crippen LogP contribution < -0.4 is 15.0 Å². The van der Waals surface area contributed by atoms with E-state index in [-0.39, 0.29) is 5.56 Å². The van der Waals surface area contributed by atoms with Crippen molar-refractivity contribution in [2.45, 2.75) is 19.9 Å². The number of ether oxygens (including phenoxy) is 2. The van der Waals surface area contributed by atoms with E-state index in [1.165, 1.54) is 0 Å². The first-order chi connectivity index (χ1) is 15.5. The van der Waals surface area contributed by atoms with E-state index >= 15 is 0 Å². The monoisotopic (exact) mass is 468 g/mol. The highest BCUT2D eigenvalue weighted by Gasteiger charge is 2.15. The number of methoxy groups -OCH3 is 1. The van der Waals surface area contributed by atoms with Crippen LogP contribution in [0.3, 0.4) is 0 Å². The van der Waals surface area contributed by atoms with E-state index in [4.69, 9.17) is 37.7 Å². The maximum absolute atomic E-state index is 13.3. The second kappa shape index (κ2) is 9.63. The van der Waals surface area contributed by atoms with Gasteiger partial charge in [0.1, 0.15) is 5.82 Å². The van der Waals surface area contributed by atoms with Crippen LogP contribution in [0.1, 0.15) is 12.0 Å². The number of aromatic nitrogens is 2. The molecule has 4 rings (SSSR count). The maximum Gasteiger partial charge on any atom is 0.261 e. The Hall–Kier alpha value is -3.02. The van der Waals surface area contributed by atoms with Gasteiger partial charge in [-0.25, -0.2) is 4.98 Å². The molecule has 32 heavy (non-hydrogen) atoms. The molecule has 7 heteroatoms. The Balaban J connectivity index is 1.64. The van der Waals surface area contributed by atoms with Crippen molar-refractivity contribution in [2.75, 3.05) is 13.7 Å². The van der Waals surface area contributed by atoms with Gasteiger partial charge in [-0.2, -0.15) is 0 Å². The van der Waals surface area contributed by atoms with E-state index in [2.05, 4.69) is 0 Å². The molecule has 0 fully saturated rings. The quantitative estimate of drug-likeness (QED) is 0.305. The van der Waals surface area contributed by atoms with Gasteiger partial charge in [-0.1, -0.05) is 41.4 Å². The van der Waals surface area contributed by atoms with Gasteiger partial charge in [0.25, 0.3) is 5.56 Å². The number of rotatable bonds is 7. The van der Waals surface area contributed by atoms with Gasteiger partial charge >= 0.3 is 0 Å². The zero-order valence-corrected chi connectivity index (χ0v) is 19.3. The maximum atomic E-state index is 13.3. The Bertz CT molecular complexity index is 1330. The molecule has 1 aromatic heterocycles. The third kappa shape index (κ3) is 4.59. The number of benzene rings is 3. The molecule has 0 saturated heterocycles. The Labute approximate surface area is 196 Å². The highest BCUT2D eigenvalue weighted by Crippen LogP contribution is 2.30. The molecule has 4 aromatic rings. The van der Waals surface area contributed by atoms with Crippen LogP contribution in [0.2, 0.25) is 10.0 Å². The van der Waals surface area contributed by atoms with Gasteiger partial charge in [-0.3, -0.25) is 9.36 Å². The Kier molecular flexibility index (Phi) is 6.68. The number of aryl methyl sites for hydroxylation is 1. The summed E-state index contributed by atoms with van der Waals surface area (Å²) in [5.74, 6) is 1.86. The number of nitrogens with zero attached hydrogens (tertiary/aromatic N) is 2. The van der Waals surface area contributed by atoms with Crippen molar-refractivity contribution in [1.29, 1.82) is 0 Å². The summed E-state index contributed by atoms with van der Waals surface area (Å²) in [5, 5.41) is 1.52. The van der Waals surface area contributed by atoms with Crippen LogP contribution in [0.25, 0.3) is 22.3 Å². The van der Waals surface area contributed by atoms with Gasteiger partial charge < -0.3 is 9.47 Å². The first-order valence-corrected chi connectivity index (χ1v) is 11.0. The molecule has 0 bridgehead atoms. The van der Waals surface area contributed by atoms with Gasteiger partial charge in [0, 0.05) is 17.1 Å². The molecule has 0 saturated carbocycles. The summed E-state index contributed by atoms with van der Waals surface area (Å²) in [5.41, 5.74) is 2.24. The number of fused-ring (bicyclic) bond motifs is 1. The summed E-state index contributed by atoms with van der Waals surface area (Å²) in [6.07, 6.45) is 0.592. The molecule has 1 heterocycles. The standard InChI is InChI=1S/C25H22Cl2N2O3/c1-16-8-11-22(23(14-16)31-2)32-13-5-12-29-24(18-10-9-17(26)15-20(18)27)28-21-7-4-3-6-19(21)25(29)30/h3-4,6-11,14-15H,5,12-13H2,1-2H3. The molecule has 164 valence electrons. The van der Waals surface area contributed by atoms with E-state index in [0.717, 1.165) is 5.56 Å². The van der Waals surface area contributed by atoms with Gasteiger partial charge in [0.05, 0.1) is 29.6 Å². The minimum atomic E-state index is -0.121. The lowest BCUT2D eigenvalue weighted by Crippen LogP contribution is -2.24. The van der Waals surface area contributed by atoms with Crippen molar-refractivity contribution in [1.82, 2.24) is 9.55 Å². The normalized spacial score (nSPS) is 11.0. The Morgan fingerprint density at radius 3 is 2.59 bits per heavy atom. The van der Waals surface area contributed by atoms with Gasteiger partial charge in [0.2, 0.25) is 0 Å². The Morgan fingerprint density at radius 2 is 1.81 bits per heavy atom. The van der Waals surface area contributed by atoms with Crippen molar-refractivity contribution in [2.24, 2.45) is 0 Å². The van der Waals surface area contributed by atoms with Crippen LogP contribution in [0.15, 0.2) is 65.5 Å². The fourth-order valence-corrected chi connectivity index (χ4v) is 4.04. The summed E-state index contributed by atoms with van der Waals surface area (Å²) in [4.78, 5) is 18.0. The smallest absolute Gasteiger partial charge is 0.261 e. The van der Waals surface area contributed by atoms with Crippen LogP contribution in [0, 0.1) is 6.92 Å². The molecular formula is C25H22Cl2N2O3. The fraction of sp³-hybridized carbons (Fsp3) is 0.200. The van der Waals surface area contributed by atoms with Crippen LogP contribution >= 0.6 is 23.2 Å². The largest absolute Gasteiger partial charge is 0.493 e. The lowest BCUT2D eigenvalue weighted by atomic mass is 10.1. The minimum absolute atomic E-state index is 0.121. The van der Waals surface area contributed by atoms with Crippen LogP contribution in [-0.2, 0) is 6.54 Å². The minimum Gasteiger partial charge on any atom is -0.493 e. The zero-order valence-electron chi connectivity index (χ0n) is 17.8. The average Bonchev–Trinajstić information content (AvgIpc) is 2.78. The molecule has 0 aliphatic heterocycles. The molecule has 0 N–H and O–H groups in total. The third-order valence-electron chi connectivity index (χ3n) is 5.14. The lowest BCUT2D eigenvalue weighted by Gasteiger charge is -2.16. The van der Waals surface area contributed by atoms with Gasteiger partial charge in [0.15, 0.2) is 11.5 Å². The second-order valence-corrected chi connectivity index (χ2v) is 8.23. The predicted octanol–water partition coefficient (Wildman–Crippen LogP) is 6.16. The molecule has 0 aliphatic rings. The van der Waals surface area contributed by atoms with E-state index in [1.54, 1.807) is 35.9 Å². The summed E-state index contributed by atoms with van der Waals surface area (Å²) in [7, 11) is 1.62. The topological polar surface area (TPSA) is 53.4 Å². The van der Waals surface area contributed by atoms with E-state index < -0.39 is 0 Å². The van der Waals surface area contributed by atoms with Crippen LogP contribution in [-0.4, -0.2) is 23.3 Å². The van der Waals surface area contributed by atoms with Crippen molar-refractivity contribution in [3.05, 3.63) is 86.6 Å². The summed E-state index contributed by atoms with van der Waals surface area (Å²) in [6, 6.07) is 18.2. The predicted molar refractivity (Wildman–Crippen MR) is 129 cm³/mol. The molecule has 0 aliphatic carbocycles. The second-order valence-electron chi connectivity index (χ2n) is 7.39. The summed E-state index contributed by atoms with van der Waals surface area (Å²) >= 11 is 12.5. The molecule has 0 atom stereocenters. The first-order valence-electron chi connectivity index (χ1n) is 10.2. The summed E-state index contributed by atoms with van der Waals surface area (Å²) in [6.45, 7) is 2.82. The highest BCUT2D eigenvalue weighted by atomic mass is 35.5. The molecule has 0 spiro atoms. The van der Waals surface area contributed by atoms with Gasteiger partial charge in [-0.05, 0) is 61.4 Å². The van der Waals surface area contributed by atoms with Crippen LogP contribution in [0.5, 0.6) is 11.5 Å². The zero-order chi connectivity index (χ0) is 22.7. The van der Waals surface area contributed by atoms with Crippen molar-refractivity contribution in [3.8, 4) is 22.9 Å². The molecule has 0 amide bonds. The molecule has 0 unspecified atom stereocenters. The average molecular weight is 469 g/mol. The van der Waals surface area contributed by atoms with E-state index in [1.807, 2.05) is 43.3 Å². The number of hydrogen-bond acceptors (Lipinski definition) is 4. The first kappa shape index (κ1) is 22.2. The summed E-state index contributed by atoms with van der Waals surface area (Å²) < 4.78 is 13.0. The number of hydrogen-bond donors (Lipinski definition) is 0. The molecule has 0 radical (unpaired) electrons. The van der Waals surface area contributed by atoms with Crippen molar-refractivity contribution < 1.29 is 9.47 Å². The number of halogens is 2. The van der Waals surface area contributed by atoms with Crippen molar-refractivity contribution >= 4 is 34.1 Å². The number of para-hydroxylation sites is 1. The molecular weight excluding hydrogens is 447 g/mol. The highest BCUT2D eigenvalue weighted by molar-refractivity contribution is 6.36. The Morgan fingerprint density at radius 1 is 1.00 bits per heavy atom. The van der Waals surface area contributed by atoms with Crippen LogP contribution in [0.4, 0.5) is 0 Å². The van der Waals surface area contributed by atoms with Crippen molar-refractivity contribution in [3.63, 3.8) is 0 Å². The molecule has 5 nitrogen and oxygen atoms in total. The third-order valence-corrected chi connectivity index (χ3v) is 5.68. The van der Waals surface area contributed by atoms with Gasteiger partial charge in [-0.15, -0.1) is 0 Å². The van der Waals surface area contributed by atoms with E-state index in [9.17, 15) is 4.79 Å².